The van der Waals surface area contributed by atoms with E-state index in [1.54, 1.807) is 0 Å². The maximum Gasteiger partial charge on any atom is 0.145 e. The van der Waals surface area contributed by atoms with Crippen molar-refractivity contribution in [1.29, 1.82) is 0 Å². The van der Waals surface area contributed by atoms with Crippen LogP contribution in [-0.4, -0.2) is 17.1 Å². The Morgan fingerprint density at radius 2 is 1.46 bits per heavy atom. The summed E-state index contributed by atoms with van der Waals surface area (Å²) in [7, 11) is 0.891. The van der Waals surface area contributed by atoms with Crippen LogP contribution in [0.25, 0.3) is 0 Å². The van der Waals surface area contributed by atoms with Gasteiger partial charge in [-0.15, -0.1) is 12.3 Å². The molecule has 0 aromatic heterocycles. The van der Waals surface area contributed by atoms with Gasteiger partial charge in [-0.05, 0) is 12.8 Å². The third kappa shape index (κ3) is 11.7. The Morgan fingerprint density at radius 1 is 0.923 bits per heavy atom. The average molecular weight is 198 g/mol. The monoisotopic (exact) mass is 198 g/mol. The quantitative estimate of drug-likeness (QED) is 0.313. The van der Waals surface area contributed by atoms with Crippen LogP contribution < -0.4 is 0 Å². The summed E-state index contributed by atoms with van der Waals surface area (Å²) in [5.41, 5.74) is 0. The number of rotatable bonds is 9. The van der Waals surface area contributed by atoms with Gasteiger partial charge in [-0.25, -0.2) is 0 Å². The highest BCUT2D eigenvalue weighted by atomic mass is 28.2. The molecule has 13 heavy (non-hydrogen) atoms. The summed E-state index contributed by atoms with van der Waals surface area (Å²) in [5.74, 6) is 2.67. The van der Waals surface area contributed by atoms with Gasteiger partial charge in [-0.3, -0.25) is 0 Å². The second-order valence-corrected chi connectivity index (χ2v) is 4.00. The zero-order valence-electron chi connectivity index (χ0n) is 8.85. The molecule has 0 atom stereocenters. The second kappa shape index (κ2) is 11.7. The van der Waals surface area contributed by atoms with E-state index < -0.39 is 0 Å². The Kier molecular flexibility index (Phi) is 11.5. The van der Waals surface area contributed by atoms with E-state index in [2.05, 4.69) is 5.92 Å². The Bertz CT molecular complexity index is 129. The van der Waals surface area contributed by atoms with Crippen molar-refractivity contribution in [2.24, 2.45) is 0 Å². The van der Waals surface area contributed by atoms with Gasteiger partial charge in [-0.1, -0.05) is 32.1 Å². The summed E-state index contributed by atoms with van der Waals surface area (Å²) in [6.45, 7) is 0.976. The number of terminal acetylenes is 1. The van der Waals surface area contributed by atoms with Gasteiger partial charge in [0, 0.05) is 13.0 Å². The molecular weight excluding hydrogens is 176 g/mol. The van der Waals surface area contributed by atoms with E-state index in [1.165, 1.54) is 44.9 Å². The molecule has 0 amide bonds. The Morgan fingerprint density at radius 3 is 2.00 bits per heavy atom. The molecule has 0 rings (SSSR count). The van der Waals surface area contributed by atoms with Gasteiger partial charge in [0.15, 0.2) is 0 Å². The second-order valence-electron chi connectivity index (χ2n) is 3.42. The topological polar surface area (TPSA) is 9.23 Å². The summed E-state index contributed by atoms with van der Waals surface area (Å²) in [6, 6.07) is 0. The standard InChI is InChI=1S/C11H22OSi/c1-2-3-4-5-6-7-8-9-10-11-12-13/h1H,3-11H2,13H3. The van der Waals surface area contributed by atoms with Gasteiger partial charge in [0.25, 0.3) is 0 Å². The minimum atomic E-state index is 0.891. The van der Waals surface area contributed by atoms with E-state index >= 15 is 0 Å². The molecule has 0 heterocycles. The van der Waals surface area contributed by atoms with Crippen molar-refractivity contribution in [2.45, 2.75) is 51.4 Å². The molecule has 2 heteroatoms. The number of hydrogen-bond donors (Lipinski definition) is 0. The van der Waals surface area contributed by atoms with E-state index in [-0.39, 0.29) is 0 Å². The summed E-state index contributed by atoms with van der Waals surface area (Å²) in [5, 5.41) is 0. The van der Waals surface area contributed by atoms with E-state index in [4.69, 9.17) is 10.8 Å². The third-order valence-corrected chi connectivity index (χ3v) is 2.58. The molecule has 0 aliphatic rings. The lowest BCUT2D eigenvalue weighted by Gasteiger charge is -2.00. The van der Waals surface area contributed by atoms with Crippen molar-refractivity contribution in [3.63, 3.8) is 0 Å². The van der Waals surface area contributed by atoms with Crippen molar-refractivity contribution in [1.82, 2.24) is 0 Å². The van der Waals surface area contributed by atoms with E-state index in [0.717, 1.165) is 23.5 Å². The molecule has 0 N–H and O–H groups in total. The lowest BCUT2D eigenvalue weighted by Crippen LogP contribution is -1.89. The van der Waals surface area contributed by atoms with Crippen molar-refractivity contribution in [3.8, 4) is 12.3 Å². The summed E-state index contributed by atoms with van der Waals surface area (Å²) in [4.78, 5) is 0. The van der Waals surface area contributed by atoms with Crippen LogP contribution in [0.2, 0.25) is 0 Å². The first kappa shape index (κ1) is 12.7. The molecule has 0 aliphatic carbocycles. The normalized spacial score (nSPS) is 10.1. The molecule has 0 aromatic carbocycles. The minimum absolute atomic E-state index is 0.891. The molecular formula is C11H22OSi. The van der Waals surface area contributed by atoms with E-state index in [9.17, 15) is 0 Å². The molecule has 0 unspecified atom stereocenters. The average Bonchev–Trinajstić information content (AvgIpc) is 2.16. The predicted molar refractivity (Wildman–Crippen MR) is 61.7 cm³/mol. The first-order valence-corrected chi connectivity index (χ1v) is 6.16. The summed E-state index contributed by atoms with van der Waals surface area (Å²) < 4.78 is 5.12. The smallest absolute Gasteiger partial charge is 0.145 e. The highest BCUT2D eigenvalue weighted by Gasteiger charge is 1.90. The van der Waals surface area contributed by atoms with Crippen LogP contribution in [0.1, 0.15) is 51.4 Å². The van der Waals surface area contributed by atoms with Gasteiger partial charge in [-0.2, -0.15) is 0 Å². The molecule has 0 spiro atoms. The predicted octanol–water partition coefficient (Wildman–Crippen LogP) is 2.04. The van der Waals surface area contributed by atoms with Crippen LogP contribution in [0.15, 0.2) is 0 Å². The van der Waals surface area contributed by atoms with Crippen LogP contribution in [0.4, 0.5) is 0 Å². The van der Waals surface area contributed by atoms with Crippen molar-refractivity contribution < 1.29 is 4.43 Å². The van der Waals surface area contributed by atoms with Gasteiger partial charge < -0.3 is 4.43 Å². The molecule has 0 fully saturated rings. The molecule has 0 radical (unpaired) electrons. The van der Waals surface area contributed by atoms with Crippen LogP contribution in [0, 0.1) is 12.3 Å². The van der Waals surface area contributed by atoms with Crippen molar-refractivity contribution >= 4 is 10.5 Å². The Hall–Kier alpha value is -0.263. The Labute approximate surface area is 85.8 Å². The highest BCUT2D eigenvalue weighted by Crippen LogP contribution is 2.07. The summed E-state index contributed by atoms with van der Waals surface area (Å²) >= 11 is 0. The lowest BCUT2D eigenvalue weighted by molar-refractivity contribution is 0.332. The molecule has 76 valence electrons. The summed E-state index contributed by atoms with van der Waals surface area (Å²) in [6.07, 6.45) is 15.3. The molecule has 0 bridgehead atoms. The fourth-order valence-electron chi connectivity index (χ4n) is 1.36. The van der Waals surface area contributed by atoms with Crippen LogP contribution in [0.5, 0.6) is 0 Å². The van der Waals surface area contributed by atoms with Crippen molar-refractivity contribution in [2.75, 3.05) is 6.61 Å². The van der Waals surface area contributed by atoms with E-state index in [1.807, 2.05) is 0 Å². The van der Waals surface area contributed by atoms with Crippen LogP contribution in [0.3, 0.4) is 0 Å². The minimum Gasteiger partial charge on any atom is -0.428 e. The molecule has 0 aromatic rings. The first-order chi connectivity index (χ1) is 6.41. The zero-order chi connectivity index (χ0) is 9.78. The van der Waals surface area contributed by atoms with Gasteiger partial charge in [0.2, 0.25) is 0 Å². The van der Waals surface area contributed by atoms with Gasteiger partial charge >= 0.3 is 0 Å². The molecule has 0 saturated carbocycles. The maximum atomic E-state index is 5.16. The molecule has 0 saturated heterocycles. The van der Waals surface area contributed by atoms with Gasteiger partial charge in [0.1, 0.15) is 10.5 Å². The van der Waals surface area contributed by atoms with Crippen molar-refractivity contribution in [3.05, 3.63) is 0 Å². The highest BCUT2D eigenvalue weighted by molar-refractivity contribution is 5.97. The largest absolute Gasteiger partial charge is 0.428 e. The van der Waals surface area contributed by atoms with E-state index in [0.29, 0.717) is 0 Å². The number of unbranched alkanes of at least 4 members (excludes halogenated alkanes) is 7. The number of hydrogen-bond acceptors (Lipinski definition) is 1. The molecule has 1 nitrogen and oxygen atoms in total. The third-order valence-electron chi connectivity index (χ3n) is 2.17. The Balaban J connectivity index is 2.80. The fourth-order valence-corrected chi connectivity index (χ4v) is 1.65. The SMILES string of the molecule is C#CCCCCCCCCCO[SiH3]. The first-order valence-electron chi connectivity index (χ1n) is 5.34. The maximum absolute atomic E-state index is 5.16. The van der Waals surface area contributed by atoms with Crippen LogP contribution in [-0.2, 0) is 4.43 Å². The lowest BCUT2D eigenvalue weighted by atomic mass is 10.1. The van der Waals surface area contributed by atoms with Crippen LogP contribution >= 0.6 is 0 Å². The van der Waals surface area contributed by atoms with Gasteiger partial charge in [0.05, 0.1) is 0 Å². The fraction of sp³-hybridized carbons (Fsp3) is 0.818. The zero-order valence-corrected chi connectivity index (χ0v) is 10.8. The molecule has 0 aliphatic heterocycles.